The molecule has 0 aliphatic rings. The highest BCUT2D eigenvalue weighted by molar-refractivity contribution is 7.52. The average molecular weight is 499 g/mol. The van der Waals surface area contributed by atoms with Gasteiger partial charge in [0.15, 0.2) is 0 Å². The lowest BCUT2D eigenvalue weighted by Gasteiger charge is -2.25. The predicted molar refractivity (Wildman–Crippen MR) is 114 cm³/mol. The summed E-state index contributed by atoms with van der Waals surface area (Å²) in [4.78, 5) is 38.4. The van der Waals surface area contributed by atoms with Crippen molar-refractivity contribution >= 4 is 32.0 Å². The maximum Gasteiger partial charge on any atom is 0.508 e. The molecule has 33 heavy (non-hydrogen) atoms. The standard InChI is InChI=1S/C18H34N3O11P/c1-7-26-17(23)28-9-13(3)11-30-33(25,20-16(19)21(6)32-15(5)22)31-12-14(4)10-29-18(24)27-8-2/h13-14H,7-12H2,1-6H3,(H2,19,20,25). The van der Waals surface area contributed by atoms with E-state index in [0.717, 1.165) is 12.0 Å². The molecule has 0 radical (unpaired) electrons. The van der Waals surface area contributed by atoms with Crippen molar-refractivity contribution in [1.82, 2.24) is 10.2 Å². The van der Waals surface area contributed by atoms with E-state index in [-0.39, 0.29) is 39.6 Å². The summed E-state index contributed by atoms with van der Waals surface area (Å²) in [6.07, 6.45) is -1.69. The van der Waals surface area contributed by atoms with Crippen LogP contribution in [0.15, 0.2) is 0 Å². The molecule has 15 heteroatoms. The highest BCUT2D eigenvalue weighted by Crippen LogP contribution is 2.44. The van der Waals surface area contributed by atoms with Crippen LogP contribution >= 0.6 is 7.75 Å². The molecule has 0 aliphatic heterocycles. The van der Waals surface area contributed by atoms with E-state index in [9.17, 15) is 18.9 Å². The van der Waals surface area contributed by atoms with E-state index in [2.05, 4.69) is 14.6 Å². The van der Waals surface area contributed by atoms with Crippen LogP contribution in [0.25, 0.3) is 0 Å². The summed E-state index contributed by atoms with van der Waals surface area (Å²) in [5.74, 6) is -2.08. The number of nitrogens with zero attached hydrogens (tertiary/aromatic N) is 1. The minimum Gasteiger partial charge on any atom is -0.435 e. The molecule has 0 spiro atoms. The Hall–Kier alpha value is -2.57. The van der Waals surface area contributed by atoms with E-state index in [1.54, 1.807) is 27.7 Å². The van der Waals surface area contributed by atoms with Crippen molar-refractivity contribution in [2.75, 3.05) is 46.7 Å². The summed E-state index contributed by atoms with van der Waals surface area (Å²) < 4.78 is 43.0. The normalized spacial score (nSPS) is 14.1. The highest BCUT2D eigenvalue weighted by atomic mass is 31.2. The molecule has 0 amide bonds. The van der Waals surface area contributed by atoms with Crippen LogP contribution in [0, 0.1) is 17.2 Å². The number of nitrogens with one attached hydrogen (secondary N) is 2. The molecule has 0 bridgehead atoms. The van der Waals surface area contributed by atoms with Gasteiger partial charge in [-0.1, -0.05) is 13.8 Å². The molecule has 0 saturated heterocycles. The number of hydrogen-bond donors (Lipinski definition) is 2. The van der Waals surface area contributed by atoms with E-state index >= 15 is 0 Å². The summed E-state index contributed by atoms with van der Waals surface area (Å²) in [6, 6.07) is 0. The van der Waals surface area contributed by atoms with Gasteiger partial charge in [-0.25, -0.2) is 14.2 Å². The number of hydroxylamine groups is 2. The molecule has 2 unspecified atom stereocenters. The lowest BCUT2D eigenvalue weighted by molar-refractivity contribution is -0.166. The van der Waals surface area contributed by atoms with Crippen LogP contribution in [0.4, 0.5) is 9.59 Å². The van der Waals surface area contributed by atoms with Gasteiger partial charge in [0.2, 0.25) is 5.96 Å². The number of carbonyl (C=O) groups excluding carboxylic acids is 3. The fourth-order valence-corrected chi connectivity index (χ4v) is 3.33. The van der Waals surface area contributed by atoms with Crippen LogP contribution in [0.3, 0.4) is 0 Å². The van der Waals surface area contributed by atoms with E-state index in [1.807, 2.05) is 0 Å². The fraction of sp³-hybridized carbons (Fsp3) is 0.778. The second-order valence-electron chi connectivity index (χ2n) is 6.83. The van der Waals surface area contributed by atoms with Crippen LogP contribution in [-0.4, -0.2) is 76.0 Å². The molecule has 0 rings (SSSR count). The van der Waals surface area contributed by atoms with Crippen LogP contribution in [0.5, 0.6) is 0 Å². The molecule has 2 atom stereocenters. The van der Waals surface area contributed by atoms with Crippen molar-refractivity contribution in [3.8, 4) is 0 Å². The Morgan fingerprint density at radius 1 is 0.879 bits per heavy atom. The Bertz CT molecular complexity index is 656. The Morgan fingerprint density at radius 3 is 1.67 bits per heavy atom. The second kappa shape index (κ2) is 16.1. The topological polar surface area (TPSA) is 172 Å². The van der Waals surface area contributed by atoms with Gasteiger partial charge in [0, 0.05) is 25.8 Å². The molecule has 0 saturated carbocycles. The minimum atomic E-state index is -4.15. The lowest BCUT2D eigenvalue weighted by Crippen LogP contribution is -2.38. The summed E-state index contributed by atoms with van der Waals surface area (Å²) >= 11 is 0. The second-order valence-corrected chi connectivity index (χ2v) is 8.56. The molecular weight excluding hydrogens is 465 g/mol. The monoisotopic (exact) mass is 499 g/mol. The van der Waals surface area contributed by atoms with Gasteiger partial charge >= 0.3 is 26.0 Å². The SMILES string of the molecule is CCOC(=O)OCC(C)COP(=O)(NC(=N)N(C)OC(C)=O)OCC(C)COC(=O)OCC. The van der Waals surface area contributed by atoms with Gasteiger partial charge in [0.1, 0.15) is 0 Å². The number of carbonyl (C=O) groups is 3. The van der Waals surface area contributed by atoms with Gasteiger partial charge in [0.05, 0.1) is 39.6 Å². The summed E-state index contributed by atoms with van der Waals surface area (Å²) in [6.45, 7) is 7.53. The fourth-order valence-electron chi connectivity index (χ4n) is 1.83. The van der Waals surface area contributed by atoms with Crippen molar-refractivity contribution in [3.05, 3.63) is 0 Å². The number of ether oxygens (including phenoxy) is 4. The number of hydrogen-bond acceptors (Lipinski definition) is 12. The van der Waals surface area contributed by atoms with Gasteiger partial charge in [-0.05, 0) is 13.8 Å². The third kappa shape index (κ3) is 15.0. The molecule has 0 aromatic carbocycles. The highest BCUT2D eigenvalue weighted by Gasteiger charge is 2.30. The number of rotatable bonds is 13. The average Bonchev–Trinajstić information content (AvgIpc) is 2.73. The molecule has 0 aromatic heterocycles. The first-order valence-electron chi connectivity index (χ1n) is 10.2. The molecule has 0 aromatic rings. The molecule has 14 nitrogen and oxygen atoms in total. The van der Waals surface area contributed by atoms with E-state index in [0.29, 0.717) is 0 Å². The van der Waals surface area contributed by atoms with Crippen LogP contribution in [0.1, 0.15) is 34.6 Å². The first-order valence-corrected chi connectivity index (χ1v) is 11.7. The molecule has 2 N–H and O–H groups in total. The van der Waals surface area contributed by atoms with Crippen molar-refractivity contribution in [2.24, 2.45) is 11.8 Å². The quantitative estimate of drug-likeness (QED) is 0.125. The maximum absolute atomic E-state index is 13.2. The maximum atomic E-state index is 13.2. The van der Waals surface area contributed by atoms with Gasteiger partial charge in [0.25, 0.3) is 0 Å². The molecule has 0 aliphatic carbocycles. The number of guanidine groups is 1. The zero-order valence-corrected chi connectivity index (χ0v) is 20.7. The molecule has 0 heterocycles. The van der Waals surface area contributed by atoms with E-state index in [4.69, 9.17) is 28.8 Å². The Labute approximate surface area is 193 Å². The smallest absolute Gasteiger partial charge is 0.435 e. The van der Waals surface area contributed by atoms with Crippen LogP contribution in [0.2, 0.25) is 0 Å². The Morgan fingerprint density at radius 2 is 1.30 bits per heavy atom. The molecule has 0 fully saturated rings. The van der Waals surface area contributed by atoms with Crippen molar-refractivity contribution < 1.29 is 51.8 Å². The van der Waals surface area contributed by atoms with Crippen molar-refractivity contribution in [2.45, 2.75) is 34.6 Å². The summed E-state index contributed by atoms with van der Waals surface area (Å²) in [5.41, 5.74) is 0. The molecular formula is C18H34N3O11P. The van der Waals surface area contributed by atoms with E-state index < -0.39 is 43.8 Å². The van der Waals surface area contributed by atoms with Crippen molar-refractivity contribution in [1.29, 1.82) is 5.41 Å². The van der Waals surface area contributed by atoms with E-state index in [1.165, 1.54) is 7.05 Å². The predicted octanol–water partition coefficient (Wildman–Crippen LogP) is 2.68. The minimum absolute atomic E-state index is 0.0760. The first kappa shape index (κ1) is 30.4. The largest absolute Gasteiger partial charge is 0.508 e. The van der Waals surface area contributed by atoms with Gasteiger partial charge in [-0.2, -0.15) is 5.06 Å². The van der Waals surface area contributed by atoms with Gasteiger partial charge < -0.3 is 23.8 Å². The van der Waals surface area contributed by atoms with Gasteiger partial charge in [-0.3, -0.25) is 24.3 Å². The summed E-state index contributed by atoms with van der Waals surface area (Å²) in [7, 11) is -2.91. The third-order valence-electron chi connectivity index (χ3n) is 3.38. The zero-order valence-electron chi connectivity index (χ0n) is 19.8. The van der Waals surface area contributed by atoms with Gasteiger partial charge in [-0.15, -0.1) is 0 Å². The van der Waals surface area contributed by atoms with Crippen LogP contribution < -0.4 is 5.09 Å². The molecule has 192 valence electrons. The van der Waals surface area contributed by atoms with Crippen LogP contribution in [-0.2, 0) is 42.2 Å². The summed E-state index contributed by atoms with van der Waals surface area (Å²) in [5, 5.41) is 10.9. The Balaban J connectivity index is 4.98. The lowest BCUT2D eigenvalue weighted by atomic mass is 10.2. The zero-order chi connectivity index (χ0) is 25.4. The third-order valence-corrected chi connectivity index (χ3v) is 4.84. The first-order chi connectivity index (χ1) is 15.4. The Kier molecular flexibility index (Phi) is 14.9. The van der Waals surface area contributed by atoms with Crippen molar-refractivity contribution in [3.63, 3.8) is 0 Å².